The zero-order valence-corrected chi connectivity index (χ0v) is 17.7. The number of amides is 1. The smallest absolute Gasteiger partial charge is 0.220 e. The molecule has 6 heteroatoms. The number of ether oxygens (including phenoxy) is 1. The fourth-order valence-corrected chi connectivity index (χ4v) is 4.18. The molecule has 28 heavy (non-hydrogen) atoms. The number of aromatic nitrogens is 1. The van der Waals surface area contributed by atoms with Crippen LogP contribution in [0.4, 0.5) is 0 Å². The second-order valence-corrected chi connectivity index (χ2v) is 8.55. The summed E-state index contributed by atoms with van der Waals surface area (Å²) < 4.78 is 5.15. The Kier molecular flexibility index (Phi) is 7.51. The van der Waals surface area contributed by atoms with Crippen LogP contribution in [0.25, 0.3) is 11.3 Å². The lowest BCUT2D eigenvalue weighted by atomic mass is 10.1. The van der Waals surface area contributed by atoms with Crippen LogP contribution >= 0.6 is 23.1 Å². The Morgan fingerprint density at radius 2 is 1.89 bits per heavy atom. The van der Waals surface area contributed by atoms with Crippen LogP contribution in [-0.4, -0.2) is 30.3 Å². The molecular formula is C22H24N2O2S2. The molecule has 4 nitrogen and oxygen atoms in total. The predicted octanol–water partition coefficient (Wildman–Crippen LogP) is 4.97. The van der Waals surface area contributed by atoms with Crippen molar-refractivity contribution in [2.45, 2.75) is 24.7 Å². The first-order valence-corrected chi connectivity index (χ1v) is 11.1. The Labute approximate surface area is 174 Å². The zero-order chi connectivity index (χ0) is 19.8. The number of hydrogen-bond donors (Lipinski definition) is 1. The maximum Gasteiger partial charge on any atom is 0.220 e. The van der Waals surface area contributed by atoms with Crippen molar-refractivity contribution in [3.8, 4) is 17.0 Å². The van der Waals surface area contributed by atoms with Gasteiger partial charge in [-0.15, -0.1) is 23.1 Å². The van der Waals surface area contributed by atoms with E-state index in [4.69, 9.17) is 4.74 Å². The Balaban J connectivity index is 1.35. The highest BCUT2D eigenvalue weighted by molar-refractivity contribution is 7.99. The number of nitrogens with one attached hydrogen (secondary N) is 1. The molecule has 1 heterocycles. The second kappa shape index (κ2) is 10.3. The minimum Gasteiger partial charge on any atom is -0.497 e. The first kappa shape index (κ1) is 20.4. The van der Waals surface area contributed by atoms with Gasteiger partial charge >= 0.3 is 0 Å². The minimum absolute atomic E-state index is 0.0931. The molecule has 0 spiro atoms. The number of carbonyl (C=O) groups excluding carboxylic acids is 1. The van der Waals surface area contributed by atoms with Crippen LogP contribution in [0.15, 0.2) is 58.8 Å². The molecule has 0 unspecified atom stereocenters. The van der Waals surface area contributed by atoms with Crippen molar-refractivity contribution in [1.82, 2.24) is 10.3 Å². The van der Waals surface area contributed by atoms with Gasteiger partial charge in [0, 0.05) is 34.6 Å². The van der Waals surface area contributed by atoms with E-state index >= 15 is 0 Å². The molecule has 1 aromatic heterocycles. The molecule has 0 radical (unpaired) electrons. The minimum atomic E-state index is 0.0931. The van der Waals surface area contributed by atoms with Crippen LogP contribution in [0, 0.1) is 6.92 Å². The van der Waals surface area contributed by atoms with Crippen molar-refractivity contribution in [1.29, 1.82) is 0 Å². The number of hydrogen-bond acceptors (Lipinski definition) is 5. The van der Waals surface area contributed by atoms with Gasteiger partial charge in [0.2, 0.25) is 5.91 Å². The van der Waals surface area contributed by atoms with Gasteiger partial charge in [0.15, 0.2) is 0 Å². The number of carbonyl (C=O) groups is 1. The molecule has 146 valence electrons. The molecule has 0 atom stereocenters. The third kappa shape index (κ3) is 6.11. The maximum absolute atomic E-state index is 12.0. The topological polar surface area (TPSA) is 51.2 Å². The molecule has 0 aliphatic heterocycles. The van der Waals surface area contributed by atoms with Gasteiger partial charge in [-0.2, -0.15) is 0 Å². The molecule has 0 saturated carbocycles. The summed E-state index contributed by atoms with van der Waals surface area (Å²) in [6, 6.07) is 16.3. The summed E-state index contributed by atoms with van der Waals surface area (Å²) in [5.41, 5.74) is 3.37. The summed E-state index contributed by atoms with van der Waals surface area (Å²) in [6.45, 7) is 2.67. The van der Waals surface area contributed by atoms with E-state index in [2.05, 4.69) is 39.9 Å². The number of nitrogens with zero attached hydrogens (tertiary/aromatic N) is 1. The van der Waals surface area contributed by atoms with Gasteiger partial charge in [-0.3, -0.25) is 4.79 Å². The molecule has 2 aromatic carbocycles. The van der Waals surface area contributed by atoms with Crippen molar-refractivity contribution in [2.75, 3.05) is 19.4 Å². The van der Waals surface area contributed by atoms with E-state index in [1.54, 1.807) is 30.2 Å². The summed E-state index contributed by atoms with van der Waals surface area (Å²) in [7, 11) is 1.66. The summed E-state index contributed by atoms with van der Waals surface area (Å²) in [5.74, 6) is 1.70. The summed E-state index contributed by atoms with van der Waals surface area (Å²) in [5, 5.41) is 6.16. The number of aryl methyl sites for hydroxylation is 1. The van der Waals surface area contributed by atoms with Crippen LogP contribution in [0.3, 0.4) is 0 Å². The normalized spacial score (nSPS) is 10.6. The SMILES string of the molecule is COc1ccc(SCCC(=O)NCCc2ccc(-c3csc(C)n3)cc2)cc1. The van der Waals surface area contributed by atoms with Crippen LogP contribution in [-0.2, 0) is 11.2 Å². The summed E-state index contributed by atoms with van der Waals surface area (Å²) in [4.78, 5) is 17.7. The molecular weight excluding hydrogens is 388 g/mol. The molecule has 3 rings (SSSR count). The van der Waals surface area contributed by atoms with Crippen molar-refractivity contribution in [2.24, 2.45) is 0 Å². The van der Waals surface area contributed by atoms with Crippen molar-refractivity contribution >= 4 is 29.0 Å². The predicted molar refractivity (Wildman–Crippen MR) is 117 cm³/mol. The quantitative estimate of drug-likeness (QED) is 0.504. The van der Waals surface area contributed by atoms with Crippen molar-refractivity contribution < 1.29 is 9.53 Å². The van der Waals surface area contributed by atoms with Gasteiger partial charge in [-0.05, 0) is 43.2 Å². The third-order valence-electron chi connectivity index (χ3n) is 4.26. The van der Waals surface area contributed by atoms with Gasteiger partial charge in [0.25, 0.3) is 0 Å². The van der Waals surface area contributed by atoms with Gasteiger partial charge in [-0.1, -0.05) is 24.3 Å². The Bertz CT molecular complexity index is 890. The monoisotopic (exact) mass is 412 g/mol. The highest BCUT2D eigenvalue weighted by Gasteiger charge is 2.04. The van der Waals surface area contributed by atoms with Crippen LogP contribution < -0.4 is 10.1 Å². The molecule has 0 saturated heterocycles. The standard InChI is InChI=1S/C22H24N2O2S2/c1-16-24-21(15-28-16)18-5-3-17(4-6-18)11-13-23-22(25)12-14-27-20-9-7-19(26-2)8-10-20/h3-10,15H,11-14H2,1-2H3,(H,23,25). The lowest BCUT2D eigenvalue weighted by molar-refractivity contribution is -0.120. The van der Waals surface area contributed by atoms with Crippen LogP contribution in [0.1, 0.15) is 17.0 Å². The van der Waals surface area contributed by atoms with Crippen molar-refractivity contribution in [3.63, 3.8) is 0 Å². The Morgan fingerprint density at radius 1 is 1.14 bits per heavy atom. The van der Waals surface area contributed by atoms with E-state index in [1.807, 2.05) is 31.2 Å². The second-order valence-electron chi connectivity index (χ2n) is 6.32. The van der Waals surface area contributed by atoms with E-state index < -0.39 is 0 Å². The first-order valence-electron chi connectivity index (χ1n) is 9.19. The lowest BCUT2D eigenvalue weighted by Crippen LogP contribution is -2.25. The van der Waals surface area contributed by atoms with E-state index in [0.29, 0.717) is 13.0 Å². The van der Waals surface area contributed by atoms with E-state index in [0.717, 1.165) is 39.1 Å². The summed E-state index contributed by atoms with van der Waals surface area (Å²) >= 11 is 3.34. The zero-order valence-electron chi connectivity index (χ0n) is 16.1. The fraction of sp³-hybridized carbons (Fsp3) is 0.273. The molecule has 0 aliphatic carbocycles. The van der Waals surface area contributed by atoms with Crippen LogP contribution in [0.5, 0.6) is 5.75 Å². The van der Waals surface area contributed by atoms with Gasteiger partial charge in [0.05, 0.1) is 17.8 Å². The lowest BCUT2D eigenvalue weighted by Gasteiger charge is -2.07. The third-order valence-corrected chi connectivity index (χ3v) is 6.05. The number of thiazole rings is 1. The average Bonchev–Trinajstić information content (AvgIpc) is 3.15. The van der Waals surface area contributed by atoms with Gasteiger partial charge in [-0.25, -0.2) is 4.98 Å². The van der Waals surface area contributed by atoms with E-state index in [-0.39, 0.29) is 5.91 Å². The largest absolute Gasteiger partial charge is 0.497 e. The molecule has 3 aromatic rings. The Morgan fingerprint density at radius 3 is 2.54 bits per heavy atom. The number of methoxy groups -OCH3 is 1. The molecule has 0 aliphatic rings. The van der Waals surface area contributed by atoms with E-state index in [1.165, 1.54) is 5.56 Å². The number of thioether (sulfide) groups is 1. The van der Waals surface area contributed by atoms with Crippen LogP contribution in [0.2, 0.25) is 0 Å². The molecule has 1 amide bonds. The summed E-state index contributed by atoms with van der Waals surface area (Å²) in [6.07, 6.45) is 1.34. The molecule has 0 bridgehead atoms. The number of rotatable bonds is 9. The number of benzene rings is 2. The van der Waals surface area contributed by atoms with Gasteiger partial charge < -0.3 is 10.1 Å². The highest BCUT2D eigenvalue weighted by atomic mass is 32.2. The molecule has 0 fully saturated rings. The first-order chi connectivity index (χ1) is 13.6. The van der Waals surface area contributed by atoms with Crippen molar-refractivity contribution in [3.05, 3.63) is 64.5 Å². The average molecular weight is 413 g/mol. The van der Waals surface area contributed by atoms with Gasteiger partial charge in [0.1, 0.15) is 5.75 Å². The van der Waals surface area contributed by atoms with E-state index in [9.17, 15) is 4.79 Å². The maximum atomic E-state index is 12.0. The highest BCUT2D eigenvalue weighted by Crippen LogP contribution is 2.22. The Hall–Kier alpha value is -2.31. The molecule has 1 N–H and O–H groups in total. The fourth-order valence-electron chi connectivity index (χ4n) is 2.71.